The van der Waals surface area contributed by atoms with Crippen LogP contribution >= 0.6 is 11.3 Å². The fourth-order valence-electron chi connectivity index (χ4n) is 3.13. The van der Waals surface area contributed by atoms with Gasteiger partial charge >= 0.3 is 0 Å². The summed E-state index contributed by atoms with van der Waals surface area (Å²) in [5.74, 6) is 0.631. The summed E-state index contributed by atoms with van der Waals surface area (Å²) in [5.41, 5.74) is 0.597. The van der Waals surface area contributed by atoms with E-state index in [1.807, 2.05) is 17.5 Å². The predicted molar refractivity (Wildman–Crippen MR) is 109 cm³/mol. The Morgan fingerprint density at radius 1 is 1.20 bits per heavy atom. The highest BCUT2D eigenvalue weighted by Crippen LogP contribution is 2.26. The highest BCUT2D eigenvalue weighted by atomic mass is 32.1. The van der Waals surface area contributed by atoms with Crippen molar-refractivity contribution >= 4 is 28.1 Å². The minimum atomic E-state index is -0.500. The van der Waals surface area contributed by atoms with Crippen molar-refractivity contribution in [1.82, 2.24) is 24.5 Å². The molecule has 0 fully saturated rings. The fraction of sp³-hybridized carbons (Fsp3) is 0.0526. The molecule has 0 radical (unpaired) electrons. The third-order valence-corrected chi connectivity index (χ3v) is 5.40. The van der Waals surface area contributed by atoms with Crippen LogP contribution in [0.1, 0.15) is 5.69 Å². The Hall–Kier alpha value is -4.12. The number of hydrogen-bond acceptors (Lipinski definition) is 8. The van der Waals surface area contributed by atoms with Gasteiger partial charge in [-0.2, -0.15) is 5.10 Å². The molecule has 0 spiro atoms. The molecule has 5 aromatic rings. The number of nitrogens with zero attached hydrogens (tertiary/aromatic N) is 6. The number of aromatic nitrogens is 5. The second-order valence-corrected chi connectivity index (χ2v) is 7.32. The summed E-state index contributed by atoms with van der Waals surface area (Å²) in [6.45, 7) is 0.174. The second kappa shape index (κ2) is 7.04. The molecule has 148 valence electrons. The number of nitro groups is 1. The first-order valence-corrected chi connectivity index (χ1v) is 9.66. The van der Waals surface area contributed by atoms with Gasteiger partial charge in [-0.25, -0.2) is 9.67 Å². The minimum absolute atomic E-state index is 0.128. The van der Waals surface area contributed by atoms with Crippen molar-refractivity contribution in [2.75, 3.05) is 0 Å². The first-order chi connectivity index (χ1) is 14.6. The molecule has 0 N–H and O–H groups in total. The van der Waals surface area contributed by atoms with Crippen molar-refractivity contribution in [2.45, 2.75) is 6.54 Å². The topological polar surface area (TPSA) is 122 Å². The van der Waals surface area contributed by atoms with Crippen molar-refractivity contribution in [3.05, 3.63) is 86.5 Å². The van der Waals surface area contributed by atoms with Gasteiger partial charge in [-0.05, 0) is 17.5 Å². The van der Waals surface area contributed by atoms with E-state index in [1.165, 1.54) is 39.2 Å². The number of benzene rings is 1. The second-order valence-electron chi connectivity index (χ2n) is 6.38. The number of para-hydroxylation sites is 2. The molecule has 0 saturated heterocycles. The van der Waals surface area contributed by atoms with E-state index in [4.69, 9.17) is 4.52 Å². The lowest BCUT2D eigenvalue weighted by molar-refractivity contribution is -0.384. The summed E-state index contributed by atoms with van der Waals surface area (Å²) < 4.78 is 8.04. The van der Waals surface area contributed by atoms with Gasteiger partial charge in [-0.3, -0.25) is 19.5 Å². The van der Waals surface area contributed by atoms with E-state index in [9.17, 15) is 14.9 Å². The van der Waals surface area contributed by atoms with E-state index in [0.717, 1.165) is 4.88 Å². The SMILES string of the molecule is O=c1c2cnn(-c3ccccc3[N+](=O)[O-])c2ncn1Cc1cc(-c2cccs2)on1. The van der Waals surface area contributed by atoms with E-state index >= 15 is 0 Å². The van der Waals surface area contributed by atoms with Crippen LogP contribution < -0.4 is 5.56 Å². The molecule has 5 rings (SSSR count). The largest absolute Gasteiger partial charge is 0.355 e. The molecular formula is C19H12N6O4S. The number of rotatable bonds is 5. The molecule has 0 bridgehead atoms. The van der Waals surface area contributed by atoms with Crippen molar-refractivity contribution < 1.29 is 9.45 Å². The van der Waals surface area contributed by atoms with Crippen LogP contribution in [0.4, 0.5) is 5.69 Å². The number of thiophene rings is 1. The van der Waals surface area contributed by atoms with Crippen LogP contribution in [0, 0.1) is 10.1 Å². The van der Waals surface area contributed by atoms with Gasteiger partial charge in [0.05, 0.1) is 22.5 Å². The maximum atomic E-state index is 12.9. The Kier molecular flexibility index (Phi) is 4.21. The fourth-order valence-corrected chi connectivity index (χ4v) is 3.80. The molecule has 30 heavy (non-hydrogen) atoms. The molecule has 0 aliphatic rings. The predicted octanol–water partition coefficient (Wildman–Crippen LogP) is 3.26. The van der Waals surface area contributed by atoms with Crippen LogP contribution in [-0.2, 0) is 6.54 Å². The Morgan fingerprint density at radius 3 is 2.87 bits per heavy atom. The molecule has 0 atom stereocenters. The first-order valence-electron chi connectivity index (χ1n) is 8.78. The third kappa shape index (κ3) is 2.97. The summed E-state index contributed by atoms with van der Waals surface area (Å²) >= 11 is 1.53. The number of hydrogen-bond donors (Lipinski definition) is 0. The van der Waals surface area contributed by atoms with Gasteiger partial charge in [0.1, 0.15) is 23.1 Å². The molecule has 0 amide bonds. The maximum absolute atomic E-state index is 12.9. The summed E-state index contributed by atoms with van der Waals surface area (Å²) in [6, 6.07) is 11.8. The molecule has 10 nitrogen and oxygen atoms in total. The highest BCUT2D eigenvalue weighted by Gasteiger charge is 2.19. The minimum Gasteiger partial charge on any atom is -0.355 e. The van der Waals surface area contributed by atoms with E-state index in [1.54, 1.807) is 24.3 Å². The van der Waals surface area contributed by atoms with E-state index < -0.39 is 4.92 Å². The quantitative estimate of drug-likeness (QED) is 0.316. The lowest BCUT2D eigenvalue weighted by Gasteiger charge is -2.05. The Balaban J connectivity index is 1.52. The van der Waals surface area contributed by atoms with Crippen LogP contribution in [0.25, 0.3) is 27.4 Å². The van der Waals surface area contributed by atoms with Crippen LogP contribution in [0.2, 0.25) is 0 Å². The van der Waals surface area contributed by atoms with Gasteiger partial charge < -0.3 is 4.52 Å². The van der Waals surface area contributed by atoms with Crippen LogP contribution in [0.3, 0.4) is 0 Å². The van der Waals surface area contributed by atoms with Gasteiger partial charge in [0.15, 0.2) is 11.4 Å². The van der Waals surface area contributed by atoms with E-state index in [-0.39, 0.29) is 34.5 Å². The molecule has 0 aliphatic heterocycles. The van der Waals surface area contributed by atoms with Gasteiger partial charge in [0, 0.05) is 12.1 Å². The zero-order valence-electron chi connectivity index (χ0n) is 15.2. The van der Waals surface area contributed by atoms with Crippen LogP contribution in [0.15, 0.2) is 69.7 Å². The van der Waals surface area contributed by atoms with Crippen molar-refractivity contribution in [2.24, 2.45) is 0 Å². The monoisotopic (exact) mass is 420 g/mol. The van der Waals surface area contributed by atoms with Gasteiger partial charge in [-0.15, -0.1) is 11.3 Å². The highest BCUT2D eigenvalue weighted by molar-refractivity contribution is 7.13. The summed E-state index contributed by atoms with van der Waals surface area (Å²) in [7, 11) is 0. The normalized spacial score (nSPS) is 11.2. The Labute approximate surface area is 171 Å². The smallest absolute Gasteiger partial charge is 0.294 e. The average molecular weight is 420 g/mol. The molecule has 4 heterocycles. The lowest BCUT2D eigenvalue weighted by atomic mass is 10.2. The summed E-state index contributed by atoms with van der Waals surface area (Å²) in [6.07, 6.45) is 2.73. The van der Waals surface area contributed by atoms with Gasteiger partial charge in [-0.1, -0.05) is 23.4 Å². The Bertz CT molecular complexity index is 1430. The molecule has 11 heteroatoms. The number of nitro benzene ring substituents is 1. The zero-order valence-corrected chi connectivity index (χ0v) is 16.0. The van der Waals surface area contributed by atoms with Crippen LogP contribution in [0.5, 0.6) is 0 Å². The third-order valence-electron chi connectivity index (χ3n) is 4.52. The molecule has 0 unspecified atom stereocenters. The zero-order chi connectivity index (χ0) is 20.7. The molecular weight excluding hydrogens is 408 g/mol. The van der Waals surface area contributed by atoms with Crippen LogP contribution in [-0.4, -0.2) is 29.4 Å². The standard InChI is InChI=1S/C19H12N6O4S/c26-19-13-9-21-24(14-4-1-2-5-15(14)25(27)28)18(13)20-11-23(19)10-12-8-16(29-22-12)17-6-3-7-30-17/h1-9,11H,10H2. The molecule has 4 aromatic heterocycles. The lowest BCUT2D eigenvalue weighted by Crippen LogP contribution is -2.21. The Morgan fingerprint density at radius 2 is 2.07 bits per heavy atom. The van der Waals surface area contributed by atoms with Crippen molar-refractivity contribution in [3.63, 3.8) is 0 Å². The summed E-state index contributed by atoms with van der Waals surface area (Å²) in [4.78, 5) is 29.0. The van der Waals surface area contributed by atoms with E-state index in [2.05, 4.69) is 15.2 Å². The summed E-state index contributed by atoms with van der Waals surface area (Å²) in [5, 5.41) is 21.7. The molecule has 1 aromatic carbocycles. The molecule has 0 saturated carbocycles. The average Bonchev–Trinajstić information content (AvgIpc) is 3.50. The number of fused-ring (bicyclic) bond motifs is 1. The van der Waals surface area contributed by atoms with Crippen molar-refractivity contribution in [1.29, 1.82) is 0 Å². The van der Waals surface area contributed by atoms with Crippen molar-refractivity contribution in [3.8, 4) is 16.3 Å². The molecule has 0 aliphatic carbocycles. The van der Waals surface area contributed by atoms with Gasteiger partial charge in [0.25, 0.3) is 11.2 Å². The van der Waals surface area contributed by atoms with Gasteiger partial charge in [0.2, 0.25) is 0 Å². The van der Waals surface area contributed by atoms with E-state index in [0.29, 0.717) is 11.5 Å². The maximum Gasteiger partial charge on any atom is 0.294 e. The first kappa shape index (κ1) is 17.9.